The number of aliphatic hydroxyl groups is 1. The van der Waals surface area contributed by atoms with Crippen LogP contribution in [0, 0.1) is 12.7 Å². The van der Waals surface area contributed by atoms with E-state index < -0.39 is 94.1 Å². The molecule has 3 aliphatic heterocycles. The fourth-order valence-corrected chi connectivity index (χ4v) is 7.93. The molecule has 2 N–H and O–H groups in total. The fourth-order valence-electron chi connectivity index (χ4n) is 5.75. The molecule has 22 heteroatoms. The molecule has 240 valence electrons. The highest BCUT2D eigenvalue weighted by molar-refractivity contribution is 7.79. The van der Waals surface area contributed by atoms with Gasteiger partial charge in [0.05, 0.1) is 36.9 Å². The zero-order chi connectivity index (χ0) is 32.7. The topological polar surface area (TPSA) is 178 Å². The van der Waals surface area contributed by atoms with Crippen molar-refractivity contribution >= 4 is 63.7 Å². The fraction of sp³-hybridized carbons (Fsp3) is 0.458. The van der Waals surface area contributed by atoms with Crippen LogP contribution in [0.1, 0.15) is 18.0 Å². The maximum Gasteiger partial charge on any atom is 0.264 e. The number of hydrogen-bond acceptors (Lipinski definition) is 12. The second kappa shape index (κ2) is 11.6. The Morgan fingerprint density at radius 3 is 2.41 bits per heavy atom. The molecule has 0 amide bonds. The Morgan fingerprint density at radius 1 is 1.04 bits per heavy atom. The highest BCUT2D eigenvalue weighted by atomic mass is 35.5. The summed E-state index contributed by atoms with van der Waals surface area (Å²) < 4.78 is 92.9. The van der Waals surface area contributed by atoms with Crippen LogP contribution in [0.15, 0.2) is 35.8 Å². The van der Waals surface area contributed by atoms with Gasteiger partial charge in [-0.15, -0.1) is 0 Å². The summed E-state index contributed by atoms with van der Waals surface area (Å²) in [5.74, 6) is -1.01. The molecule has 3 fully saturated rings. The number of aromatic nitrogens is 5. The van der Waals surface area contributed by atoms with Crippen molar-refractivity contribution in [3.05, 3.63) is 57.7 Å². The summed E-state index contributed by atoms with van der Waals surface area (Å²) in [6.45, 7) is 0.341. The number of nitrogens with one attached hydrogen (secondary N) is 1. The maximum atomic E-state index is 16.0. The number of aliphatic hydroxyl groups excluding tert-OH is 1. The molecule has 7 rings (SSSR count). The summed E-state index contributed by atoms with van der Waals surface area (Å²) in [6.07, 6.45) is -9.58. The monoisotopic (exact) mass is 697 g/mol. The Balaban J connectivity index is 1.17. The second-order valence-electron chi connectivity index (χ2n) is 10.9. The number of ether oxygens (including phenoxy) is 2. The highest BCUT2D eigenvalue weighted by Gasteiger charge is 2.53. The largest absolute Gasteiger partial charge is 0.386 e. The first-order valence-corrected chi connectivity index (χ1v) is 17.3. The predicted molar refractivity (Wildman–Crippen MR) is 157 cm³/mol. The zero-order valence-corrected chi connectivity index (χ0v) is 26.1. The van der Waals surface area contributed by atoms with Crippen LogP contribution in [-0.4, -0.2) is 94.2 Å². The predicted octanol–water partition coefficient (Wildman–Crippen LogP) is 2.74. The van der Waals surface area contributed by atoms with Crippen molar-refractivity contribution in [2.24, 2.45) is 0 Å². The normalized spacial score (nSPS) is 37.2. The first-order valence-electron chi connectivity index (χ1n) is 13.7. The Bertz CT molecular complexity index is 2000. The van der Waals surface area contributed by atoms with Crippen molar-refractivity contribution in [3.63, 3.8) is 0 Å². The van der Waals surface area contributed by atoms with E-state index in [4.69, 9.17) is 54.3 Å². The lowest BCUT2D eigenvalue weighted by molar-refractivity contribution is -0.0557. The molecule has 4 aromatic rings. The number of benzene rings is 1. The van der Waals surface area contributed by atoms with Crippen molar-refractivity contribution in [2.45, 2.75) is 56.1 Å². The van der Waals surface area contributed by atoms with Gasteiger partial charge >= 0.3 is 0 Å². The van der Waals surface area contributed by atoms with Crippen molar-refractivity contribution < 1.29 is 50.6 Å². The van der Waals surface area contributed by atoms with Gasteiger partial charge in [-0.05, 0) is 24.6 Å². The van der Waals surface area contributed by atoms with E-state index in [0.29, 0.717) is 16.1 Å². The van der Waals surface area contributed by atoms with Gasteiger partial charge in [-0.3, -0.25) is 18.5 Å². The molecular weight excluding hydrogens is 675 g/mol. The van der Waals surface area contributed by atoms with Gasteiger partial charge in [0.2, 0.25) is 15.1 Å². The van der Waals surface area contributed by atoms with Gasteiger partial charge in [-0.2, -0.15) is 0 Å². The Labute approximate surface area is 265 Å². The van der Waals surface area contributed by atoms with Crippen LogP contribution >= 0.6 is 26.5 Å². The van der Waals surface area contributed by atoms with E-state index in [-0.39, 0.29) is 5.65 Å². The summed E-state index contributed by atoms with van der Waals surface area (Å²) >= 11 is 6.21. The molecule has 1 aromatic carbocycles. The molecule has 46 heavy (non-hydrogen) atoms. The molecule has 0 bridgehead atoms. The van der Waals surface area contributed by atoms with E-state index in [1.165, 1.54) is 10.9 Å². The van der Waals surface area contributed by atoms with E-state index in [1.807, 2.05) is 0 Å². The molecule has 4 unspecified atom stereocenters. The number of halogens is 3. The average molecular weight is 697 g/mol. The molecule has 4 radical (unpaired) electrons. The molecule has 3 aromatic heterocycles. The van der Waals surface area contributed by atoms with E-state index in [9.17, 15) is 23.4 Å². The van der Waals surface area contributed by atoms with Gasteiger partial charge in [-0.1, -0.05) is 11.6 Å². The minimum absolute atomic E-state index is 0.260. The minimum atomic E-state index is -4.63. The van der Waals surface area contributed by atoms with E-state index in [0.717, 1.165) is 22.7 Å². The molecule has 6 heterocycles. The molecular formula is C24H22B2ClF2N5O10P2. The molecule has 0 aliphatic carbocycles. The molecule has 3 aliphatic rings. The lowest BCUT2D eigenvalue weighted by Crippen LogP contribution is -2.38. The second-order valence-corrected chi connectivity index (χ2v) is 14.4. The maximum absolute atomic E-state index is 16.0. The third-order valence-electron chi connectivity index (χ3n) is 7.92. The van der Waals surface area contributed by atoms with E-state index in [1.54, 1.807) is 19.1 Å². The molecule has 15 nitrogen and oxygen atoms in total. The van der Waals surface area contributed by atoms with Crippen LogP contribution < -0.4 is 5.56 Å². The molecule has 3 saturated heterocycles. The number of hydrogen-bond donors (Lipinski definition) is 2. The van der Waals surface area contributed by atoms with Gasteiger partial charge in [0, 0.05) is 11.2 Å². The van der Waals surface area contributed by atoms with E-state index in [2.05, 4.69) is 15.0 Å². The smallest absolute Gasteiger partial charge is 0.264 e. The number of aryl methyl sites for hydroxylation is 1. The number of alkyl halides is 1. The van der Waals surface area contributed by atoms with Gasteiger partial charge < -0.3 is 42.2 Å². The number of imidazole rings is 1. The van der Waals surface area contributed by atoms with Gasteiger partial charge in [-0.25, -0.2) is 18.7 Å². The van der Waals surface area contributed by atoms with Crippen molar-refractivity contribution in [3.8, 4) is 0 Å². The van der Waals surface area contributed by atoms with Crippen LogP contribution in [0.4, 0.5) is 8.78 Å². The first kappa shape index (κ1) is 32.1. The molecule has 10 atom stereocenters. The summed E-state index contributed by atoms with van der Waals surface area (Å²) in [5.41, 5.74) is 0.667. The van der Waals surface area contributed by atoms with Crippen LogP contribution in [-0.2, 0) is 36.7 Å². The zero-order valence-electron chi connectivity index (χ0n) is 23.5. The van der Waals surface area contributed by atoms with Gasteiger partial charge in [0.1, 0.15) is 35.9 Å². The van der Waals surface area contributed by atoms with Crippen LogP contribution in [0.2, 0.25) is 5.02 Å². The summed E-state index contributed by atoms with van der Waals surface area (Å²) in [5, 5.41) is 11.3. The Kier molecular flexibility index (Phi) is 8.12. The summed E-state index contributed by atoms with van der Waals surface area (Å²) in [6, 6.07) is 3.35. The highest BCUT2D eigenvalue weighted by Crippen LogP contribution is 2.53. The third kappa shape index (κ3) is 5.60. The standard InChI is InChI=1S/C24H22B2ClF2N5O10P2/c1-9-2-13-12(3-10(9)27)32-8-34(13)24-18(35)20-15(42-24)6-40-45(25,37)43-19-14(5-39-46(26,38)44-20)41-23(17(19)29)33-4-11(28)16-21(33)30-7-31-22(16)36/h2-4,7-8,14-15,17-20,23-24,35H,5-6H2,1H3,(H,30,31,36)/t14-,15-,17?,18+,19+,20?,23-,24-,45?,46?/m1/s1. The lowest BCUT2D eigenvalue weighted by Gasteiger charge is -2.30. The third-order valence-corrected chi connectivity index (χ3v) is 10.4. The van der Waals surface area contributed by atoms with Gasteiger partial charge in [0.25, 0.3) is 20.5 Å². The average Bonchev–Trinajstić information content (AvgIpc) is 3.71. The number of aromatic amines is 1. The number of H-pyrrole nitrogens is 1. The van der Waals surface area contributed by atoms with Crippen molar-refractivity contribution in [1.29, 1.82) is 0 Å². The quantitative estimate of drug-likeness (QED) is 0.232. The SMILES string of the molecule is [B]P1(=O)OC[C@H]2O[C@@H](n3cc(F)c4c(=O)[nH]cnc43)C(F)[C@H]2OP([B])(=O)OC[C@H]2O[C@@H](n3cnc4cc(Cl)c(C)cc43)[C@@H](O)C2O1. The lowest BCUT2D eigenvalue weighted by atomic mass is 10.1. The number of rotatable bonds is 2. The first-order chi connectivity index (χ1) is 21.7. The molecule has 0 spiro atoms. The van der Waals surface area contributed by atoms with Crippen molar-refractivity contribution in [1.82, 2.24) is 24.1 Å². The van der Waals surface area contributed by atoms with Gasteiger partial charge in [0.15, 0.2) is 30.1 Å². The van der Waals surface area contributed by atoms with Crippen LogP contribution in [0.25, 0.3) is 22.1 Å². The Morgan fingerprint density at radius 2 is 1.70 bits per heavy atom. The van der Waals surface area contributed by atoms with E-state index >= 15 is 4.39 Å². The molecule has 0 saturated carbocycles. The number of nitrogens with zero attached hydrogens (tertiary/aromatic N) is 4. The minimum Gasteiger partial charge on any atom is -0.386 e. The van der Waals surface area contributed by atoms with Crippen molar-refractivity contribution in [2.75, 3.05) is 13.2 Å². The van der Waals surface area contributed by atoms with Crippen LogP contribution in [0.5, 0.6) is 0 Å². The van der Waals surface area contributed by atoms with Crippen LogP contribution in [0.3, 0.4) is 0 Å². The number of fused-ring (bicyclic) bond motifs is 4. The summed E-state index contributed by atoms with van der Waals surface area (Å²) in [7, 11) is 2.52. The Hall–Kier alpha value is -2.43. The summed E-state index contributed by atoms with van der Waals surface area (Å²) in [4.78, 5) is 22.5.